The van der Waals surface area contributed by atoms with Gasteiger partial charge in [-0.05, 0) is 19.1 Å². The number of halogens is 1. The molecule has 0 fully saturated rings. The Labute approximate surface area is 120 Å². The lowest BCUT2D eigenvalue weighted by Gasteiger charge is -2.14. The number of para-hydroxylation sites is 1. The third-order valence-corrected chi connectivity index (χ3v) is 2.32. The number of aliphatic carboxylic acids is 1. The number of benzene rings is 1. The van der Waals surface area contributed by atoms with Gasteiger partial charge < -0.3 is 14.6 Å². The van der Waals surface area contributed by atoms with E-state index in [9.17, 15) is 4.79 Å². The van der Waals surface area contributed by atoms with Gasteiger partial charge in [-0.3, -0.25) is 0 Å². The number of carboxylic acids is 1. The topological polar surface area (TPSA) is 55.8 Å². The van der Waals surface area contributed by atoms with Gasteiger partial charge in [-0.25, -0.2) is 4.79 Å². The highest BCUT2D eigenvalue weighted by Gasteiger charge is 2.09. The highest BCUT2D eigenvalue weighted by molar-refractivity contribution is 9.11. The summed E-state index contributed by atoms with van der Waals surface area (Å²) in [5.74, 6) is 0.0592. The quantitative estimate of drug-likeness (QED) is 0.779. The van der Waals surface area contributed by atoms with Crippen LogP contribution in [0.3, 0.4) is 0 Å². The van der Waals surface area contributed by atoms with Crippen molar-refractivity contribution in [3.63, 3.8) is 0 Å². The van der Waals surface area contributed by atoms with E-state index in [0.717, 1.165) is 6.08 Å². The minimum Gasteiger partial charge on any atom is -0.490 e. The highest BCUT2D eigenvalue weighted by Crippen LogP contribution is 2.32. The zero-order chi connectivity index (χ0) is 14.3. The van der Waals surface area contributed by atoms with Crippen LogP contribution in [0, 0.1) is 0 Å². The second kappa shape index (κ2) is 7.63. The normalized spacial score (nSPS) is 10.4. The molecule has 0 heterocycles. The molecule has 19 heavy (non-hydrogen) atoms. The summed E-state index contributed by atoms with van der Waals surface area (Å²) in [6, 6.07) is 5.31. The molecule has 0 aliphatic rings. The maximum atomic E-state index is 10.6. The van der Waals surface area contributed by atoms with Gasteiger partial charge in [-0.2, -0.15) is 0 Å². The Balaban J connectivity index is 3.09. The first kappa shape index (κ1) is 15.3. The van der Waals surface area contributed by atoms with Crippen LogP contribution < -0.4 is 9.47 Å². The number of carboxylic acid groups (broad SMARTS) is 1. The number of hydrogen-bond donors (Lipinski definition) is 1. The average molecular weight is 327 g/mol. The first-order chi connectivity index (χ1) is 9.04. The molecule has 1 aromatic carbocycles. The molecule has 0 saturated heterocycles. The van der Waals surface area contributed by atoms with Crippen molar-refractivity contribution >= 4 is 28.0 Å². The van der Waals surface area contributed by atoms with Crippen LogP contribution in [0.4, 0.5) is 0 Å². The molecule has 0 bridgehead atoms. The molecule has 0 aliphatic carbocycles. The van der Waals surface area contributed by atoms with E-state index < -0.39 is 5.97 Å². The van der Waals surface area contributed by atoms with Crippen molar-refractivity contribution in [3.05, 3.63) is 40.9 Å². The van der Waals surface area contributed by atoms with E-state index in [-0.39, 0.29) is 6.61 Å². The maximum Gasteiger partial charge on any atom is 0.328 e. The fourth-order valence-corrected chi connectivity index (χ4v) is 1.51. The molecule has 102 valence electrons. The summed E-state index contributed by atoms with van der Waals surface area (Å²) in [4.78, 5) is 10.6. The fourth-order valence-electron chi connectivity index (χ4n) is 1.40. The van der Waals surface area contributed by atoms with E-state index in [0.29, 0.717) is 28.2 Å². The van der Waals surface area contributed by atoms with Crippen LogP contribution in [0.2, 0.25) is 0 Å². The second-order valence-electron chi connectivity index (χ2n) is 3.59. The van der Waals surface area contributed by atoms with Gasteiger partial charge in [0.15, 0.2) is 11.5 Å². The largest absolute Gasteiger partial charge is 0.490 e. The van der Waals surface area contributed by atoms with Gasteiger partial charge in [0.2, 0.25) is 0 Å². The Morgan fingerprint density at radius 1 is 1.47 bits per heavy atom. The average Bonchev–Trinajstić information content (AvgIpc) is 2.35. The minimum absolute atomic E-state index is 0.276. The Kier molecular flexibility index (Phi) is 6.15. The second-order valence-corrected chi connectivity index (χ2v) is 4.71. The van der Waals surface area contributed by atoms with Crippen LogP contribution in [0.5, 0.6) is 11.5 Å². The van der Waals surface area contributed by atoms with Crippen molar-refractivity contribution < 1.29 is 19.4 Å². The Morgan fingerprint density at radius 3 is 2.79 bits per heavy atom. The molecule has 0 atom stereocenters. The van der Waals surface area contributed by atoms with Crippen LogP contribution in [-0.4, -0.2) is 24.3 Å². The molecule has 0 saturated carbocycles. The number of hydrogen-bond acceptors (Lipinski definition) is 3. The molecule has 1 rings (SSSR count). The standard InChI is InChI=1S/C14H15BrO4/c1-3-18-12-6-4-5-11(7-8-13(16)17)14(12)19-9-10(2)15/h4-8H,2-3,9H2,1H3,(H,16,17)/b8-7+. The van der Waals surface area contributed by atoms with E-state index in [4.69, 9.17) is 14.6 Å². The van der Waals surface area contributed by atoms with Crippen molar-refractivity contribution in [2.45, 2.75) is 6.92 Å². The van der Waals surface area contributed by atoms with Crippen LogP contribution in [-0.2, 0) is 4.79 Å². The summed E-state index contributed by atoms with van der Waals surface area (Å²) < 4.78 is 11.8. The highest BCUT2D eigenvalue weighted by atomic mass is 79.9. The Morgan fingerprint density at radius 2 is 2.21 bits per heavy atom. The Hall–Kier alpha value is -1.75. The SMILES string of the molecule is C=C(Br)COc1c(/C=C/C(=O)O)cccc1OCC. The van der Waals surface area contributed by atoms with E-state index in [1.807, 2.05) is 6.92 Å². The molecule has 1 N–H and O–H groups in total. The summed E-state index contributed by atoms with van der Waals surface area (Å²) >= 11 is 3.21. The zero-order valence-electron chi connectivity index (χ0n) is 10.6. The van der Waals surface area contributed by atoms with Gasteiger partial charge in [-0.1, -0.05) is 34.6 Å². The molecule has 5 heteroatoms. The van der Waals surface area contributed by atoms with Gasteiger partial charge in [0.05, 0.1) is 6.61 Å². The summed E-state index contributed by atoms with van der Waals surface area (Å²) in [5, 5.41) is 8.68. The molecular weight excluding hydrogens is 312 g/mol. The lowest BCUT2D eigenvalue weighted by atomic mass is 10.1. The fraction of sp³-hybridized carbons (Fsp3) is 0.214. The molecule has 0 unspecified atom stereocenters. The predicted octanol–water partition coefficient (Wildman–Crippen LogP) is 3.47. The van der Waals surface area contributed by atoms with E-state index in [1.54, 1.807) is 18.2 Å². The summed E-state index contributed by atoms with van der Waals surface area (Å²) in [7, 11) is 0. The number of carbonyl (C=O) groups is 1. The number of rotatable bonds is 7. The monoisotopic (exact) mass is 326 g/mol. The van der Waals surface area contributed by atoms with Crippen LogP contribution in [0.15, 0.2) is 35.3 Å². The minimum atomic E-state index is -1.02. The van der Waals surface area contributed by atoms with Crippen molar-refractivity contribution in [1.82, 2.24) is 0 Å². The van der Waals surface area contributed by atoms with Gasteiger partial charge in [-0.15, -0.1) is 0 Å². The van der Waals surface area contributed by atoms with Crippen LogP contribution in [0.25, 0.3) is 6.08 Å². The first-order valence-corrected chi connectivity index (χ1v) is 6.46. The first-order valence-electron chi connectivity index (χ1n) is 5.67. The predicted molar refractivity (Wildman–Crippen MR) is 77.8 cm³/mol. The van der Waals surface area contributed by atoms with Gasteiger partial charge >= 0.3 is 5.97 Å². The van der Waals surface area contributed by atoms with Crippen molar-refractivity contribution in [1.29, 1.82) is 0 Å². The van der Waals surface area contributed by atoms with E-state index in [1.165, 1.54) is 6.08 Å². The van der Waals surface area contributed by atoms with Crippen LogP contribution >= 0.6 is 15.9 Å². The van der Waals surface area contributed by atoms with Crippen molar-refractivity contribution in [3.8, 4) is 11.5 Å². The van der Waals surface area contributed by atoms with E-state index >= 15 is 0 Å². The molecule has 0 aliphatic heterocycles. The van der Waals surface area contributed by atoms with Gasteiger partial charge in [0.25, 0.3) is 0 Å². The van der Waals surface area contributed by atoms with Crippen molar-refractivity contribution in [2.24, 2.45) is 0 Å². The molecular formula is C14H15BrO4. The van der Waals surface area contributed by atoms with Crippen molar-refractivity contribution in [2.75, 3.05) is 13.2 Å². The lowest BCUT2D eigenvalue weighted by molar-refractivity contribution is -0.131. The summed E-state index contributed by atoms with van der Waals surface area (Å²) in [6.45, 7) is 6.33. The number of ether oxygens (including phenoxy) is 2. The molecule has 4 nitrogen and oxygen atoms in total. The van der Waals surface area contributed by atoms with Gasteiger partial charge in [0, 0.05) is 16.1 Å². The van der Waals surface area contributed by atoms with E-state index in [2.05, 4.69) is 22.5 Å². The zero-order valence-corrected chi connectivity index (χ0v) is 12.1. The third-order valence-electron chi connectivity index (χ3n) is 2.09. The molecule has 0 aromatic heterocycles. The maximum absolute atomic E-state index is 10.6. The smallest absolute Gasteiger partial charge is 0.328 e. The Bertz CT molecular complexity index is 494. The summed E-state index contributed by atoms with van der Waals surface area (Å²) in [5.41, 5.74) is 0.641. The third kappa shape index (κ3) is 5.18. The van der Waals surface area contributed by atoms with Gasteiger partial charge in [0.1, 0.15) is 6.61 Å². The molecule has 1 aromatic rings. The summed E-state index contributed by atoms with van der Waals surface area (Å²) in [6.07, 6.45) is 2.53. The molecule has 0 spiro atoms. The molecule has 0 radical (unpaired) electrons. The van der Waals surface area contributed by atoms with Crippen LogP contribution in [0.1, 0.15) is 12.5 Å². The lowest BCUT2D eigenvalue weighted by Crippen LogP contribution is -2.02. The molecule has 0 amide bonds.